The van der Waals surface area contributed by atoms with Gasteiger partial charge in [-0.25, -0.2) is 0 Å². The average Bonchev–Trinajstić information content (AvgIpc) is 3.05. The number of rotatable bonds is 3. The van der Waals surface area contributed by atoms with Crippen molar-refractivity contribution in [3.05, 3.63) is 11.9 Å². The highest BCUT2D eigenvalue weighted by Crippen LogP contribution is 2.50. The molecule has 2 aliphatic rings. The van der Waals surface area contributed by atoms with Gasteiger partial charge in [0.25, 0.3) is 0 Å². The van der Waals surface area contributed by atoms with Gasteiger partial charge in [0, 0.05) is 18.7 Å². The maximum atomic E-state index is 12.3. The Bertz CT molecular complexity index is 394. The lowest BCUT2D eigenvalue weighted by molar-refractivity contribution is -0.151. The number of hydrogen-bond donors (Lipinski definition) is 0. The summed E-state index contributed by atoms with van der Waals surface area (Å²) >= 11 is 0. The molecule has 3 rings (SSSR count). The maximum Gasteiger partial charge on any atom is 0.392 e. The summed E-state index contributed by atoms with van der Waals surface area (Å²) in [5.41, 5.74) is 0.934. The van der Waals surface area contributed by atoms with Crippen molar-refractivity contribution in [2.24, 2.45) is 11.8 Å². The smallest absolute Gasteiger partial charge is 0.252 e. The summed E-state index contributed by atoms with van der Waals surface area (Å²) < 4.78 is 38.4. The van der Waals surface area contributed by atoms with Crippen LogP contribution in [-0.2, 0) is 6.54 Å². The second-order valence-electron chi connectivity index (χ2n) is 4.78. The molecular formula is C10H12F3N3. The fourth-order valence-electron chi connectivity index (χ4n) is 2.06. The van der Waals surface area contributed by atoms with Gasteiger partial charge >= 0.3 is 6.18 Å². The Labute approximate surface area is 90.6 Å². The van der Waals surface area contributed by atoms with Crippen LogP contribution in [-0.4, -0.2) is 21.2 Å². The lowest BCUT2D eigenvalue weighted by Gasteiger charge is -2.04. The van der Waals surface area contributed by atoms with E-state index in [2.05, 4.69) is 10.3 Å². The van der Waals surface area contributed by atoms with Crippen LogP contribution in [0.25, 0.3) is 0 Å². The standard InChI is InChI=1S/C10H12F3N3/c11-10(12,13)8-3-7(8)4-16-5-9(14-15-16)6-1-2-6/h5-8H,1-4H2/t7-,8+/m0/s1. The zero-order chi connectivity index (χ0) is 11.3. The zero-order valence-electron chi connectivity index (χ0n) is 8.61. The van der Waals surface area contributed by atoms with E-state index in [1.54, 1.807) is 10.9 Å². The van der Waals surface area contributed by atoms with Crippen LogP contribution >= 0.6 is 0 Å². The van der Waals surface area contributed by atoms with Gasteiger partial charge < -0.3 is 0 Å². The van der Waals surface area contributed by atoms with Gasteiger partial charge in [0.2, 0.25) is 0 Å². The van der Waals surface area contributed by atoms with Crippen molar-refractivity contribution in [1.82, 2.24) is 15.0 Å². The number of hydrogen-bond acceptors (Lipinski definition) is 2. The molecule has 2 atom stereocenters. The molecule has 0 bridgehead atoms. The number of halogens is 3. The van der Waals surface area contributed by atoms with Crippen LogP contribution in [0.1, 0.15) is 30.9 Å². The molecule has 6 heteroatoms. The van der Waals surface area contributed by atoms with Crippen LogP contribution < -0.4 is 0 Å². The van der Waals surface area contributed by atoms with Crippen LogP contribution in [0.3, 0.4) is 0 Å². The summed E-state index contributed by atoms with van der Waals surface area (Å²) in [5.74, 6) is -0.916. The second kappa shape index (κ2) is 3.21. The highest BCUT2D eigenvalue weighted by molar-refractivity contribution is 5.09. The first kappa shape index (κ1) is 10.1. The Balaban J connectivity index is 1.59. The molecule has 2 aliphatic carbocycles. The summed E-state index contributed by atoms with van der Waals surface area (Å²) in [6, 6.07) is 0. The minimum Gasteiger partial charge on any atom is -0.252 e. The first-order chi connectivity index (χ1) is 7.54. The zero-order valence-corrected chi connectivity index (χ0v) is 8.61. The molecule has 0 amide bonds. The molecule has 88 valence electrons. The van der Waals surface area contributed by atoms with Gasteiger partial charge in [-0.1, -0.05) is 5.21 Å². The first-order valence-electron chi connectivity index (χ1n) is 5.51. The summed E-state index contributed by atoms with van der Waals surface area (Å²) in [7, 11) is 0. The first-order valence-corrected chi connectivity index (χ1v) is 5.51. The van der Waals surface area contributed by atoms with E-state index < -0.39 is 12.1 Å². The fourth-order valence-corrected chi connectivity index (χ4v) is 2.06. The summed E-state index contributed by atoms with van der Waals surface area (Å²) in [6.07, 6.45) is 0.261. The van der Waals surface area contributed by atoms with Crippen LogP contribution in [0.2, 0.25) is 0 Å². The predicted molar refractivity (Wildman–Crippen MR) is 49.6 cm³/mol. The molecular weight excluding hydrogens is 219 g/mol. The molecule has 0 aromatic carbocycles. The predicted octanol–water partition coefficient (Wildman–Crippen LogP) is 2.35. The molecule has 2 saturated carbocycles. The SMILES string of the molecule is FC(F)(F)[C@@H]1C[C@H]1Cn1cc(C2CC2)nn1. The van der Waals surface area contributed by atoms with Gasteiger partial charge in [-0.05, 0) is 25.2 Å². The minimum atomic E-state index is -4.04. The van der Waals surface area contributed by atoms with Crippen molar-refractivity contribution < 1.29 is 13.2 Å². The van der Waals surface area contributed by atoms with Crippen molar-refractivity contribution in [2.45, 2.75) is 37.9 Å². The van der Waals surface area contributed by atoms with Gasteiger partial charge in [0.05, 0.1) is 11.6 Å². The highest BCUT2D eigenvalue weighted by atomic mass is 19.4. The molecule has 0 saturated heterocycles. The number of alkyl halides is 3. The molecule has 1 heterocycles. The Morgan fingerprint density at radius 2 is 2.12 bits per heavy atom. The van der Waals surface area contributed by atoms with Gasteiger partial charge in [-0.15, -0.1) is 5.10 Å². The molecule has 0 spiro atoms. The molecule has 0 radical (unpaired) electrons. The molecule has 3 nitrogen and oxygen atoms in total. The van der Waals surface area contributed by atoms with E-state index in [-0.39, 0.29) is 12.3 Å². The lowest BCUT2D eigenvalue weighted by atomic mass is 10.3. The van der Waals surface area contributed by atoms with Gasteiger partial charge in [-0.2, -0.15) is 13.2 Å². The average molecular weight is 231 g/mol. The molecule has 1 aromatic rings. The number of nitrogens with zero attached hydrogens (tertiary/aromatic N) is 3. The van der Waals surface area contributed by atoms with E-state index in [9.17, 15) is 13.2 Å². The van der Waals surface area contributed by atoms with Crippen molar-refractivity contribution in [1.29, 1.82) is 0 Å². The molecule has 0 aliphatic heterocycles. The number of aromatic nitrogens is 3. The lowest BCUT2D eigenvalue weighted by Crippen LogP contribution is -2.14. The third-order valence-electron chi connectivity index (χ3n) is 3.32. The minimum absolute atomic E-state index is 0.238. The second-order valence-corrected chi connectivity index (χ2v) is 4.78. The third kappa shape index (κ3) is 1.92. The van der Waals surface area contributed by atoms with Crippen LogP contribution in [0.15, 0.2) is 6.20 Å². The Morgan fingerprint density at radius 1 is 1.38 bits per heavy atom. The summed E-state index contributed by atoms with van der Waals surface area (Å²) in [4.78, 5) is 0. The topological polar surface area (TPSA) is 30.7 Å². The van der Waals surface area contributed by atoms with Crippen molar-refractivity contribution in [3.63, 3.8) is 0 Å². The molecule has 0 N–H and O–H groups in total. The largest absolute Gasteiger partial charge is 0.392 e. The van der Waals surface area contributed by atoms with E-state index in [1.165, 1.54) is 0 Å². The highest BCUT2D eigenvalue weighted by Gasteiger charge is 2.55. The summed E-state index contributed by atoms with van der Waals surface area (Å²) in [5, 5.41) is 7.85. The molecule has 2 fully saturated rings. The van der Waals surface area contributed by atoms with Gasteiger partial charge in [0.1, 0.15) is 0 Å². The maximum absolute atomic E-state index is 12.3. The van der Waals surface area contributed by atoms with E-state index in [1.807, 2.05) is 0 Å². The summed E-state index contributed by atoms with van der Waals surface area (Å²) in [6.45, 7) is 0.351. The van der Waals surface area contributed by atoms with E-state index in [4.69, 9.17) is 0 Å². The van der Waals surface area contributed by atoms with Crippen LogP contribution in [0.4, 0.5) is 13.2 Å². The molecule has 1 aromatic heterocycles. The van der Waals surface area contributed by atoms with Crippen LogP contribution in [0, 0.1) is 11.8 Å². The normalized spacial score (nSPS) is 29.4. The van der Waals surface area contributed by atoms with Gasteiger partial charge in [-0.3, -0.25) is 4.68 Å². The molecule has 16 heavy (non-hydrogen) atoms. The Hall–Kier alpha value is -1.07. The third-order valence-corrected chi connectivity index (χ3v) is 3.32. The molecule has 0 unspecified atom stereocenters. The quantitative estimate of drug-likeness (QED) is 0.799. The monoisotopic (exact) mass is 231 g/mol. The van der Waals surface area contributed by atoms with Crippen molar-refractivity contribution in [3.8, 4) is 0 Å². The Kier molecular flexibility index (Phi) is 2.03. The van der Waals surface area contributed by atoms with Crippen LogP contribution in [0.5, 0.6) is 0 Å². The van der Waals surface area contributed by atoms with E-state index >= 15 is 0 Å². The fraction of sp³-hybridized carbons (Fsp3) is 0.800. The van der Waals surface area contributed by atoms with E-state index in [0.717, 1.165) is 18.5 Å². The Morgan fingerprint density at radius 3 is 2.69 bits per heavy atom. The van der Waals surface area contributed by atoms with Gasteiger partial charge in [0.15, 0.2) is 0 Å². The van der Waals surface area contributed by atoms with Crippen molar-refractivity contribution in [2.75, 3.05) is 0 Å². The van der Waals surface area contributed by atoms with E-state index in [0.29, 0.717) is 12.5 Å². The van der Waals surface area contributed by atoms with Crippen molar-refractivity contribution >= 4 is 0 Å².